The third-order valence-electron chi connectivity index (χ3n) is 6.41. The van der Waals surface area contributed by atoms with Crippen LogP contribution in [0.25, 0.3) is 10.8 Å². The Balaban J connectivity index is 1.62. The van der Waals surface area contributed by atoms with Crippen LogP contribution >= 0.6 is 0 Å². The second-order valence-corrected chi connectivity index (χ2v) is 8.51. The fourth-order valence-electron chi connectivity index (χ4n) is 4.81. The van der Waals surface area contributed by atoms with Crippen molar-refractivity contribution < 1.29 is 9.66 Å². The maximum Gasteiger partial charge on any atom is 0.269 e. The first-order valence-electron chi connectivity index (χ1n) is 11.2. The molecule has 1 atom stereocenters. The number of nitrogens with zero attached hydrogens (tertiary/aromatic N) is 3. The maximum absolute atomic E-state index is 11.6. The van der Waals surface area contributed by atoms with E-state index in [-0.39, 0.29) is 11.2 Å². The number of ether oxygens (including phenoxy) is 1. The van der Waals surface area contributed by atoms with Crippen molar-refractivity contribution in [2.45, 2.75) is 12.5 Å². The first-order valence-corrected chi connectivity index (χ1v) is 11.2. The van der Waals surface area contributed by atoms with Gasteiger partial charge in [-0.3, -0.25) is 15.5 Å². The molecule has 1 aliphatic heterocycles. The van der Waals surface area contributed by atoms with Crippen molar-refractivity contribution in [2.75, 3.05) is 0 Å². The maximum atomic E-state index is 11.6. The molecule has 1 N–H and O–H groups in total. The number of benzene rings is 4. The summed E-state index contributed by atoms with van der Waals surface area (Å²) in [6, 6.07) is 28.4. The van der Waals surface area contributed by atoms with E-state index < -0.39 is 10.8 Å². The Kier molecular flexibility index (Phi) is 4.88. The average Bonchev–Trinajstić information content (AvgIpc) is 2.89. The van der Waals surface area contributed by atoms with Gasteiger partial charge in [-0.05, 0) is 28.0 Å². The smallest absolute Gasteiger partial charge is 0.269 e. The summed E-state index contributed by atoms with van der Waals surface area (Å²) in [4.78, 5) is 15.8. The SMILES string of the molecule is N=c1c2c(ncn1Cc1ccccc1)Oc1ccc3ccccc3c1C2c1cccc([N+](=O)[O-])c1. The summed E-state index contributed by atoms with van der Waals surface area (Å²) >= 11 is 0. The number of non-ortho nitro benzene ring substituents is 1. The summed E-state index contributed by atoms with van der Waals surface area (Å²) in [6.07, 6.45) is 1.62. The van der Waals surface area contributed by atoms with Crippen LogP contribution in [0.1, 0.15) is 28.2 Å². The molecule has 1 unspecified atom stereocenters. The predicted molar refractivity (Wildman–Crippen MR) is 132 cm³/mol. The molecule has 0 saturated heterocycles. The number of rotatable bonds is 4. The van der Waals surface area contributed by atoms with Gasteiger partial charge in [0.05, 0.1) is 17.0 Å². The zero-order valence-electron chi connectivity index (χ0n) is 18.6. The number of hydrogen-bond donors (Lipinski definition) is 1. The van der Waals surface area contributed by atoms with Gasteiger partial charge in [0.2, 0.25) is 5.88 Å². The highest BCUT2D eigenvalue weighted by atomic mass is 16.6. The number of nitro benzene ring substituents is 1. The molecule has 35 heavy (non-hydrogen) atoms. The molecule has 0 spiro atoms. The van der Waals surface area contributed by atoms with Gasteiger partial charge in [0, 0.05) is 23.6 Å². The molecule has 0 radical (unpaired) electrons. The molecule has 4 aromatic carbocycles. The molecular formula is C28H20N4O3. The van der Waals surface area contributed by atoms with E-state index in [1.807, 2.05) is 72.8 Å². The van der Waals surface area contributed by atoms with Crippen LogP contribution < -0.4 is 10.2 Å². The highest BCUT2D eigenvalue weighted by Gasteiger charge is 2.34. The number of nitro groups is 1. The monoisotopic (exact) mass is 460 g/mol. The van der Waals surface area contributed by atoms with Crippen molar-refractivity contribution in [2.24, 2.45) is 0 Å². The topological polar surface area (TPSA) is 94.0 Å². The normalized spacial score (nSPS) is 14.1. The summed E-state index contributed by atoms with van der Waals surface area (Å²) < 4.78 is 8.00. The third kappa shape index (κ3) is 3.54. The lowest BCUT2D eigenvalue weighted by atomic mass is 9.81. The minimum atomic E-state index is -0.456. The van der Waals surface area contributed by atoms with E-state index in [1.54, 1.807) is 23.0 Å². The Morgan fingerprint density at radius 3 is 2.57 bits per heavy atom. The molecule has 170 valence electrons. The van der Waals surface area contributed by atoms with Crippen LogP contribution in [0.3, 0.4) is 0 Å². The molecule has 0 saturated carbocycles. The lowest BCUT2D eigenvalue weighted by molar-refractivity contribution is -0.384. The quantitative estimate of drug-likeness (QED) is 0.267. The average molecular weight is 460 g/mol. The van der Waals surface area contributed by atoms with E-state index in [9.17, 15) is 10.1 Å². The predicted octanol–water partition coefficient (Wildman–Crippen LogP) is 5.76. The molecule has 0 amide bonds. The third-order valence-corrected chi connectivity index (χ3v) is 6.41. The van der Waals surface area contributed by atoms with Gasteiger partial charge >= 0.3 is 0 Å². The van der Waals surface area contributed by atoms with Crippen LogP contribution in [0, 0.1) is 15.5 Å². The van der Waals surface area contributed by atoms with Crippen molar-refractivity contribution in [3.05, 3.63) is 135 Å². The van der Waals surface area contributed by atoms with Crippen molar-refractivity contribution in [1.82, 2.24) is 9.55 Å². The lowest BCUT2D eigenvalue weighted by Gasteiger charge is -2.29. The summed E-state index contributed by atoms with van der Waals surface area (Å²) in [5.41, 5.74) is 3.49. The Morgan fingerprint density at radius 2 is 1.74 bits per heavy atom. The Hall–Kier alpha value is -4.78. The van der Waals surface area contributed by atoms with Crippen molar-refractivity contribution in [3.8, 4) is 11.6 Å². The van der Waals surface area contributed by atoms with Crippen molar-refractivity contribution >= 4 is 16.5 Å². The number of nitrogens with one attached hydrogen (secondary N) is 1. The molecular weight excluding hydrogens is 440 g/mol. The summed E-state index contributed by atoms with van der Waals surface area (Å²) in [5, 5.41) is 22.7. The van der Waals surface area contributed by atoms with Gasteiger partial charge in [-0.2, -0.15) is 0 Å². The summed E-state index contributed by atoms with van der Waals surface area (Å²) in [7, 11) is 0. The van der Waals surface area contributed by atoms with E-state index in [0.29, 0.717) is 29.3 Å². The van der Waals surface area contributed by atoms with Crippen LogP contribution in [0.4, 0.5) is 5.69 Å². The molecule has 2 heterocycles. The molecule has 7 nitrogen and oxygen atoms in total. The molecule has 0 bridgehead atoms. The Labute approximate surface area is 200 Å². The number of aromatic nitrogens is 2. The van der Waals surface area contributed by atoms with Crippen LogP contribution in [0.15, 0.2) is 97.3 Å². The minimum absolute atomic E-state index is 0.00455. The van der Waals surface area contributed by atoms with Gasteiger partial charge in [-0.15, -0.1) is 0 Å². The van der Waals surface area contributed by atoms with E-state index in [2.05, 4.69) is 4.98 Å². The first-order chi connectivity index (χ1) is 17.1. The largest absolute Gasteiger partial charge is 0.438 e. The fourth-order valence-corrected chi connectivity index (χ4v) is 4.81. The van der Waals surface area contributed by atoms with E-state index in [0.717, 1.165) is 21.9 Å². The van der Waals surface area contributed by atoms with Crippen LogP contribution in [-0.2, 0) is 6.54 Å². The molecule has 1 aliphatic rings. The molecule has 7 heteroatoms. The minimum Gasteiger partial charge on any atom is -0.438 e. The molecule has 0 fully saturated rings. The van der Waals surface area contributed by atoms with Gasteiger partial charge in [0.1, 0.15) is 17.6 Å². The summed E-state index contributed by atoms with van der Waals surface area (Å²) in [5.74, 6) is 0.530. The van der Waals surface area contributed by atoms with Gasteiger partial charge in [0.25, 0.3) is 5.69 Å². The first kappa shape index (κ1) is 20.8. The second kappa shape index (κ2) is 8.22. The van der Waals surface area contributed by atoms with E-state index in [1.165, 1.54) is 6.07 Å². The van der Waals surface area contributed by atoms with Gasteiger partial charge in [-0.1, -0.05) is 72.8 Å². The van der Waals surface area contributed by atoms with Crippen molar-refractivity contribution in [1.29, 1.82) is 5.41 Å². The Morgan fingerprint density at radius 1 is 0.943 bits per heavy atom. The zero-order chi connectivity index (χ0) is 23.9. The molecule has 6 rings (SSSR count). The van der Waals surface area contributed by atoms with Gasteiger partial charge < -0.3 is 9.30 Å². The lowest BCUT2D eigenvalue weighted by Crippen LogP contribution is -2.30. The molecule has 0 aliphatic carbocycles. The second-order valence-electron chi connectivity index (χ2n) is 8.51. The van der Waals surface area contributed by atoms with E-state index >= 15 is 0 Å². The van der Waals surface area contributed by atoms with Crippen LogP contribution in [0.2, 0.25) is 0 Å². The standard InChI is InChI=1S/C28H20N4O3/c29-27-26-24(20-10-6-11-21(15-20)32(33)34)25-22-12-5-4-9-19(22)13-14-23(25)35-28(26)30-17-31(27)16-18-7-2-1-3-8-18/h1-15,17,24,29H,16H2. The number of hydrogen-bond acceptors (Lipinski definition) is 5. The van der Waals surface area contributed by atoms with Crippen LogP contribution in [-0.4, -0.2) is 14.5 Å². The summed E-state index contributed by atoms with van der Waals surface area (Å²) in [6.45, 7) is 0.476. The highest BCUT2D eigenvalue weighted by molar-refractivity contribution is 5.90. The molecule has 1 aromatic heterocycles. The number of fused-ring (bicyclic) bond motifs is 4. The highest BCUT2D eigenvalue weighted by Crippen LogP contribution is 2.48. The van der Waals surface area contributed by atoms with Gasteiger partial charge in [0.15, 0.2) is 0 Å². The molecule has 5 aromatic rings. The fraction of sp³-hybridized carbons (Fsp3) is 0.0714. The van der Waals surface area contributed by atoms with Gasteiger partial charge in [-0.25, -0.2) is 4.98 Å². The van der Waals surface area contributed by atoms with Crippen molar-refractivity contribution in [3.63, 3.8) is 0 Å². The Bertz CT molecular complexity index is 1660. The van der Waals surface area contributed by atoms with Crippen LogP contribution in [0.5, 0.6) is 11.6 Å². The zero-order valence-corrected chi connectivity index (χ0v) is 18.6. The van der Waals surface area contributed by atoms with E-state index in [4.69, 9.17) is 10.1 Å².